The summed E-state index contributed by atoms with van der Waals surface area (Å²) in [6, 6.07) is 1.97. The summed E-state index contributed by atoms with van der Waals surface area (Å²) in [5, 5.41) is 3.42. The normalized spacial score (nSPS) is 21.5. The van der Waals surface area contributed by atoms with Gasteiger partial charge in [0.1, 0.15) is 11.6 Å². The summed E-state index contributed by atoms with van der Waals surface area (Å²) < 4.78 is 14.0. The van der Waals surface area contributed by atoms with E-state index in [9.17, 15) is 4.39 Å². The van der Waals surface area contributed by atoms with E-state index >= 15 is 0 Å². The number of hydrogen-bond acceptors (Lipinski definition) is 5. The lowest BCUT2D eigenvalue weighted by Gasteiger charge is -2.28. The van der Waals surface area contributed by atoms with Gasteiger partial charge < -0.3 is 11.1 Å². The van der Waals surface area contributed by atoms with Crippen LogP contribution in [0.3, 0.4) is 0 Å². The van der Waals surface area contributed by atoms with Crippen LogP contribution in [-0.2, 0) is 0 Å². The Balaban J connectivity index is 1.90. The second kappa shape index (κ2) is 6.25. The fourth-order valence-corrected chi connectivity index (χ4v) is 2.89. The molecule has 6 heteroatoms. The van der Waals surface area contributed by atoms with E-state index in [0.29, 0.717) is 23.0 Å². The van der Waals surface area contributed by atoms with E-state index in [1.165, 1.54) is 19.0 Å². The van der Waals surface area contributed by atoms with E-state index in [0.717, 1.165) is 18.8 Å². The van der Waals surface area contributed by atoms with Gasteiger partial charge in [-0.2, -0.15) is 4.98 Å². The van der Waals surface area contributed by atoms with Crippen LogP contribution >= 0.6 is 0 Å². The summed E-state index contributed by atoms with van der Waals surface area (Å²) in [6.45, 7) is 2.27. The first kappa shape index (κ1) is 14.7. The summed E-state index contributed by atoms with van der Waals surface area (Å²) in [5.74, 6) is 1.16. The zero-order valence-corrected chi connectivity index (χ0v) is 12.6. The van der Waals surface area contributed by atoms with Crippen LogP contribution in [-0.4, -0.2) is 21.0 Å². The molecule has 0 atom stereocenters. The summed E-state index contributed by atoms with van der Waals surface area (Å²) in [7, 11) is 0. The van der Waals surface area contributed by atoms with Crippen LogP contribution < -0.4 is 11.1 Å². The lowest BCUT2D eigenvalue weighted by atomic mass is 9.87. The molecule has 22 heavy (non-hydrogen) atoms. The maximum Gasteiger partial charge on any atom is 0.221 e. The van der Waals surface area contributed by atoms with Crippen molar-refractivity contribution in [3.63, 3.8) is 0 Å². The minimum Gasteiger partial charge on any atom is -0.368 e. The molecular formula is C16H20FN5. The van der Waals surface area contributed by atoms with Crippen LogP contribution in [0, 0.1) is 11.7 Å². The van der Waals surface area contributed by atoms with E-state index in [-0.39, 0.29) is 5.95 Å². The summed E-state index contributed by atoms with van der Waals surface area (Å²) in [5.41, 5.74) is 6.75. The Hall–Kier alpha value is -2.24. The minimum absolute atomic E-state index is 0.185. The van der Waals surface area contributed by atoms with E-state index in [1.54, 1.807) is 18.5 Å². The molecular weight excluding hydrogens is 281 g/mol. The molecule has 0 aromatic carbocycles. The molecule has 1 aliphatic carbocycles. The third kappa shape index (κ3) is 3.16. The van der Waals surface area contributed by atoms with Gasteiger partial charge in [-0.25, -0.2) is 9.37 Å². The third-order valence-electron chi connectivity index (χ3n) is 4.23. The van der Waals surface area contributed by atoms with Crippen molar-refractivity contribution in [3.8, 4) is 11.1 Å². The maximum atomic E-state index is 14.0. The van der Waals surface area contributed by atoms with Crippen molar-refractivity contribution < 1.29 is 4.39 Å². The van der Waals surface area contributed by atoms with E-state index in [4.69, 9.17) is 5.73 Å². The molecule has 5 nitrogen and oxygen atoms in total. The second-order valence-corrected chi connectivity index (χ2v) is 5.95. The van der Waals surface area contributed by atoms with Gasteiger partial charge in [0.15, 0.2) is 0 Å². The molecule has 116 valence electrons. The first-order chi connectivity index (χ1) is 10.6. The Labute approximate surface area is 129 Å². The van der Waals surface area contributed by atoms with Gasteiger partial charge in [0, 0.05) is 29.6 Å². The van der Waals surface area contributed by atoms with Gasteiger partial charge in [-0.3, -0.25) is 4.98 Å². The number of nitrogen functional groups attached to an aromatic ring is 1. The zero-order chi connectivity index (χ0) is 15.5. The van der Waals surface area contributed by atoms with Crippen molar-refractivity contribution >= 4 is 11.8 Å². The number of anilines is 2. The Morgan fingerprint density at radius 2 is 1.95 bits per heavy atom. The van der Waals surface area contributed by atoms with Crippen molar-refractivity contribution in [3.05, 3.63) is 30.5 Å². The van der Waals surface area contributed by atoms with Gasteiger partial charge in [0.2, 0.25) is 5.95 Å². The van der Waals surface area contributed by atoms with Crippen molar-refractivity contribution in [2.45, 2.75) is 38.6 Å². The number of nitrogens with zero attached hydrogens (tertiary/aromatic N) is 3. The molecule has 0 amide bonds. The summed E-state index contributed by atoms with van der Waals surface area (Å²) in [4.78, 5) is 12.1. The molecule has 0 aliphatic heterocycles. The van der Waals surface area contributed by atoms with Crippen LogP contribution in [0.25, 0.3) is 11.1 Å². The Morgan fingerprint density at radius 1 is 1.18 bits per heavy atom. The molecule has 0 spiro atoms. The molecule has 1 saturated carbocycles. The first-order valence-electron chi connectivity index (χ1n) is 7.62. The molecule has 3 N–H and O–H groups in total. The highest BCUT2D eigenvalue weighted by molar-refractivity contribution is 5.75. The smallest absolute Gasteiger partial charge is 0.221 e. The standard InChI is InChI=1S/C16H20FN5/c1-10-2-4-11(5-3-10)21-15-13(8-20-16(18)22-15)12-6-7-19-9-14(12)17/h6-11H,2-5H2,1H3,(H3,18,20,21,22). The lowest BCUT2D eigenvalue weighted by Crippen LogP contribution is -2.26. The maximum absolute atomic E-state index is 14.0. The Morgan fingerprint density at radius 3 is 2.68 bits per heavy atom. The molecule has 1 fully saturated rings. The monoisotopic (exact) mass is 301 g/mol. The quantitative estimate of drug-likeness (QED) is 0.910. The van der Waals surface area contributed by atoms with Gasteiger partial charge >= 0.3 is 0 Å². The third-order valence-corrected chi connectivity index (χ3v) is 4.23. The molecule has 0 unspecified atom stereocenters. The molecule has 0 radical (unpaired) electrons. The predicted octanol–water partition coefficient (Wildman–Crippen LogP) is 3.25. The Kier molecular flexibility index (Phi) is 4.18. The number of pyridine rings is 1. The number of halogens is 1. The summed E-state index contributed by atoms with van der Waals surface area (Å²) >= 11 is 0. The minimum atomic E-state index is -0.392. The highest BCUT2D eigenvalue weighted by atomic mass is 19.1. The Bertz CT molecular complexity index is 653. The van der Waals surface area contributed by atoms with Crippen LogP contribution in [0.15, 0.2) is 24.7 Å². The van der Waals surface area contributed by atoms with Crippen molar-refractivity contribution in [1.82, 2.24) is 15.0 Å². The van der Waals surface area contributed by atoms with Crippen LogP contribution in [0.2, 0.25) is 0 Å². The SMILES string of the molecule is CC1CCC(Nc2nc(N)ncc2-c2ccncc2F)CC1. The number of nitrogens with two attached hydrogens (primary N) is 1. The van der Waals surface area contributed by atoms with Crippen LogP contribution in [0.5, 0.6) is 0 Å². The van der Waals surface area contributed by atoms with Gasteiger partial charge in [-0.15, -0.1) is 0 Å². The molecule has 0 bridgehead atoms. The van der Waals surface area contributed by atoms with Crippen LogP contribution in [0.4, 0.5) is 16.2 Å². The zero-order valence-electron chi connectivity index (χ0n) is 12.6. The molecule has 3 rings (SSSR count). The van der Waals surface area contributed by atoms with Crippen molar-refractivity contribution in [1.29, 1.82) is 0 Å². The van der Waals surface area contributed by atoms with Gasteiger partial charge in [0.25, 0.3) is 0 Å². The van der Waals surface area contributed by atoms with E-state index in [1.807, 2.05) is 0 Å². The van der Waals surface area contributed by atoms with Crippen molar-refractivity contribution in [2.75, 3.05) is 11.1 Å². The molecule has 2 aromatic heterocycles. The van der Waals surface area contributed by atoms with E-state index in [2.05, 4.69) is 27.2 Å². The van der Waals surface area contributed by atoms with Crippen LogP contribution in [0.1, 0.15) is 32.6 Å². The summed E-state index contributed by atoms with van der Waals surface area (Å²) in [6.07, 6.45) is 8.87. The number of hydrogen-bond donors (Lipinski definition) is 2. The van der Waals surface area contributed by atoms with Gasteiger partial charge in [-0.05, 0) is 37.7 Å². The fourth-order valence-electron chi connectivity index (χ4n) is 2.89. The van der Waals surface area contributed by atoms with Crippen molar-refractivity contribution in [2.24, 2.45) is 5.92 Å². The largest absolute Gasteiger partial charge is 0.368 e. The topological polar surface area (TPSA) is 76.7 Å². The molecule has 2 heterocycles. The number of aromatic nitrogens is 3. The van der Waals surface area contributed by atoms with Gasteiger partial charge in [-0.1, -0.05) is 6.92 Å². The molecule has 0 saturated heterocycles. The number of rotatable bonds is 3. The highest BCUT2D eigenvalue weighted by Gasteiger charge is 2.20. The first-order valence-corrected chi connectivity index (χ1v) is 7.62. The lowest BCUT2D eigenvalue weighted by molar-refractivity contribution is 0.361. The molecule has 1 aliphatic rings. The highest BCUT2D eigenvalue weighted by Crippen LogP contribution is 2.31. The fraction of sp³-hybridized carbons (Fsp3) is 0.438. The van der Waals surface area contributed by atoms with E-state index < -0.39 is 5.82 Å². The molecule has 2 aromatic rings. The van der Waals surface area contributed by atoms with Gasteiger partial charge in [0.05, 0.1) is 6.20 Å². The second-order valence-electron chi connectivity index (χ2n) is 5.95. The predicted molar refractivity (Wildman–Crippen MR) is 84.7 cm³/mol. The average Bonchev–Trinajstić information content (AvgIpc) is 2.51. The average molecular weight is 301 g/mol. The number of nitrogens with one attached hydrogen (secondary N) is 1.